The van der Waals surface area contributed by atoms with Crippen LogP contribution in [0.15, 0.2) is 58.9 Å². The van der Waals surface area contributed by atoms with Gasteiger partial charge in [-0.3, -0.25) is 4.84 Å². The number of aryl methyl sites for hydroxylation is 1. The van der Waals surface area contributed by atoms with E-state index in [2.05, 4.69) is 22.2 Å². The third-order valence-corrected chi connectivity index (χ3v) is 3.36. The minimum atomic E-state index is -0.967. The van der Waals surface area contributed by atoms with E-state index in [1.54, 1.807) is 36.4 Å². The third kappa shape index (κ3) is 5.39. The molecule has 0 saturated carbocycles. The predicted octanol–water partition coefficient (Wildman–Crippen LogP) is 4.82. The second-order valence-electron chi connectivity index (χ2n) is 5.17. The molecule has 2 rings (SSSR count). The van der Waals surface area contributed by atoms with E-state index in [0.717, 1.165) is 24.8 Å². The largest absolute Gasteiger partial charge is 0.542 e. The van der Waals surface area contributed by atoms with E-state index in [0.29, 0.717) is 11.3 Å². The Balaban J connectivity index is 1.84. The number of rotatable bonds is 7. The number of phenols is 1. The van der Waals surface area contributed by atoms with Crippen LogP contribution in [0.5, 0.6) is 11.5 Å². The highest BCUT2D eigenvalue weighted by Gasteiger charge is 2.07. The summed E-state index contributed by atoms with van der Waals surface area (Å²) in [6.45, 7) is 2.21. The van der Waals surface area contributed by atoms with Crippen molar-refractivity contribution in [1.29, 1.82) is 0 Å². The van der Waals surface area contributed by atoms with Crippen LogP contribution in [-0.2, 0) is 17.8 Å². The van der Waals surface area contributed by atoms with Crippen LogP contribution in [0, 0.1) is 0 Å². The van der Waals surface area contributed by atoms with Crippen LogP contribution >= 0.6 is 0 Å². The first-order valence-corrected chi connectivity index (χ1v) is 7.81. The fourth-order valence-electron chi connectivity index (χ4n) is 2.11. The number of hydrogen-bond acceptors (Lipinski definition) is 6. The number of benzene rings is 2. The summed E-state index contributed by atoms with van der Waals surface area (Å²) in [6, 6.07) is 14.0. The quantitative estimate of drug-likeness (QED) is 0.342. The van der Waals surface area contributed by atoms with Gasteiger partial charge in [0.25, 0.3) is 0 Å². The lowest BCUT2D eigenvalue weighted by molar-refractivity contribution is 0.0932. The molecule has 126 valence electrons. The summed E-state index contributed by atoms with van der Waals surface area (Å²) < 4.78 is 4.89. The Kier molecular flexibility index (Phi) is 6.76. The topological polar surface area (TPSA) is 80.5 Å². The van der Waals surface area contributed by atoms with E-state index in [9.17, 15) is 9.90 Å². The van der Waals surface area contributed by atoms with Crippen molar-refractivity contribution in [3.05, 3.63) is 59.7 Å². The van der Waals surface area contributed by atoms with Gasteiger partial charge in [-0.25, -0.2) is 4.79 Å². The van der Waals surface area contributed by atoms with Crippen molar-refractivity contribution in [3.8, 4) is 11.5 Å². The molecule has 0 bridgehead atoms. The van der Waals surface area contributed by atoms with Crippen LogP contribution in [0.3, 0.4) is 0 Å². The Morgan fingerprint density at radius 2 is 1.83 bits per heavy atom. The van der Waals surface area contributed by atoms with Gasteiger partial charge in [0.15, 0.2) is 0 Å². The van der Waals surface area contributed by atoms with Gasteiger partial charge in [0, 0.05) is 10.8 Å². The van der Waals surface area contributed by atoms with Gasteiger partial charge in [0.1, 0.15) is 11.5 Å². The monoisotopic (exact) mass is 328 g/mol. The molecule has 0 aliphatic heterocycles. The maximum Gasteiger partial charge on any atom is 0.542 e. The van der Waals surface area contributed by atoms with Gasteiger partial charge < -0.3 is 9.84 Å². The van der Waals surface area contributed by atoms with E-state index >= 15 is 0 Å². The molecule has 24 heavy (non-hydrogen) atoms. The second-order valence-corrected chi connectivity index (χ2v) is 5.17. The molecule has 0 atom stereocenters. The maximum atomic E-state index is 11.4. The summed E-state index contributed by atoms with van der Waals surface area (Å²) in [5.74, 6) is 0.579. The molecular weight excluding hydrogens is 308 g/mol. The van der Waals surface area contributed by atoms with Gasteiger partial charge in [-0.2, -0.15) is 0 Å². The zero-order chi connectivity index (χ0) is 17.2. The molecule has 0 unspecified atom stereocenters. The predicted molar refractivity (Wildman–Crippen MR) is 88.8 cm³/mol. The van der Waals surface area contributed by atoms with Crippen molar-refractivity contribution < 1.29 is 19.5 Å². The van der Waals surface area contributed by atoms with Crippen molar-refractivity contribution in [2.45, 2.75) is 32.7 Å². The van der Waals surface area contributed by atoms with Gasteiger partial charge in [-0.05, 0) is 30.5 Å². The summed E-state index contributed by atoms with van der Waals surface area (Å²) in [5, 5.41) is 17.3. The van der Waals surface area contributed by atoms with Crippen molar-refractivity contribution in [2.24, 2.45) is 10.4 Å². The average Bonchev–Trinajstić information content (AvgIpc) is 2.60. The standard InChI is InChI=1S/C18H20N2O4/c1-2-3-8-14-9-7-10-15(17(14)21)13-19-20-24-18(22)23-16-11-5-4-6-12-16/h4-7,9-12,21H,2-3,8,13H2,1H3. The Labute approximate surface area is 140 Å². The number of para-hydroxylation sites is 2. The van der Waals surface area contributed by atoms with Gasteiger partial charge in [0.05, 0.1) is 6.54 Å². The highest BCUT2D eigenvalue weighted by atomic mass is 16.8. The average molecular weight is 328 g/mol. The highest BCUT2D eigenvalue weighted by Crippen LogP contribution is 2.24. The smallest absolute Gasteiger partial charge is 0.507 e. The molecule has 0 aliphatic rings. The summed E-state index contributed by atoms with van der Waals surface area (Å²) in [5.41, 5.74) is 1.52. The van der Waals surface area contributed by atoms with Crippen molar-refractivity contribution in [2.75, 3.05) is 0 Å². The number of carbonyl (C=O) groups excluding carboxylic acids is 1. The van der Waals surface area contributed by atoms with Gasteiger partial charge in [-0.1, -0.05) is 49.7 Å². The van der Waals surface area contributed by atoms with Crippen LogP contribution in [-0.4, -0.2) is 11.3 Å². The third-order valence-electron chi connectivity index (χ3n) is 3.36. The van der Waals surface area contributed by atoms with Crippen LogP contribution in [0.2, 0.25) is 0 Å². The van der Waals surface area contributed by atoms with E-state index < -0.39 is 6.16 Å². The minimum Gasteiger partial charge on any atom is -0.507 e. The molecule has 6 heteroatoms. The van der Waals surface area contributed by atoms with Gasteiger partial charge in [0.2, 0.25) is 0 Å². The number of carbonyl (C=O) groups is 1. The lowest BCUT2D eigenvalue weighted by atomic mass is 10.0. The number of nitrogens with zero attached hydrogens (tertiary/aromatic N) is 2. The van der Waals surface area contributed by atoms with Gasteiger partial charge in [-0.15, -0.1) is 5.11 Å². The molecule has 1 N–H and O–H groups in total. The fourth-order valence-corrected chi connectivity index (χ4v) is 2.11. The van der Waals surface area contributed by atoms with Crippen molar-refractivity contribution in [3.63, 3.8) is 0 Å². The normalized spacial score (nSPS) is 10.7. The number of aromatic hydroxyl groups is 1. The summed E-state index contributed by atoms with van der Waals surface area (Å²) in [6.07, 6.45) is 1.91. The van der Waals surface area contributed by atoms with E-state index in [-0.39, 0.29) is 12.3 Å². The molecule has 0 heterocycles. The highest BCUT2D eigenvalue weighted by molar-refractivity contribution is 5.63. The zero-order valence-corrected chi connectivity index (χ0v) is 13.5. The Hall–Kier alpha value is -2.89. The molecule has 0 amide bonds. The minimum absolute atomic E-state index is 0.115. The van der Waals surface area contributed by atoms with Crippen LogP contribution in [0.4, 0.5) is 4.79 Å². The lowest BCUT2D eigenvalue weighted by Crippen LogP contribution is -2.06. The van der Waals surface area contributed by atoms with Crippen molar-refractivity contribution in [1.82, 2.24) is 0 Å². The molecule has 2 aromatic rings. The lowest BCUT2D eigenvalue weighted by Gasteiger charge is -2.07. The molecule has 0 aliphatic carbocycles. The molecule has 0 aromatic heterocycles. The Morgan fingerprint density at radius 3 is 2.58 bits per heavy atom. The molecule has 2 aromatic carbocycles. The zero-order valence-electron chi connectivity index (χ0n) is 13.5. The summed E-state index contributed by atoms with van der Waals surface area (Å²) in [7, 11) is 0. The Bertz CT molecular complexity index is 687. The first-order chi connectivity index (χ1) is 11.7. The molecule has 0 fully saturated rings. The first kappa shape index (κ1) is 17.5. The second kappa shape index (κ2) is 9.29. The van der Waals surface area contributed by atoms with E-state index in [1.807, 2.05) is 12.1 Å². The van der Waals surface area contributed by atoms with E-state index in [1.165, 1.54) is 0 Å². The van der Waals surface area contributed by atoms with E-state index in [4.69, 9.17) is 4.74 Å². The molecule has 0 saturated heterocycles. The molecule has 0 spiro atoms. The van der Waals surface area contributed by atoms with Crippen LogP contribution in [0.25, 0.3) is 0 Å². The van der Waals surface area contributed by atoms with Crippen molar-refractivity contribution >= 4 is 6.16 Å². The summed E-state index contributed by atoms with van der Waals surface area (Å²) >= 11 is 0. The summed E-state index contributed by atoms with van der Waals surface area (Å²) in [4.78, 5) is 15.9. The number of unbranched alkanes of at least 4 members (excludes halogenated alkanes) is 1. The molecule has 0 radical (unpaired) electrons. The first-order valence-electron chi connectivity index (χ1n) is 7.81. The van der Waals surface area contributed by atoms with Crippen LogP contribution < -0.4 is 4.74 Å². The maximum absolute atomic E-state index is 11.4. The number of hydrogen-bond donors (Lipinski definition) is 1. The Morgan fingerprint density at radius 1 is 1.08 bits per heavy atom. The molecular formula is C18H20N2O4. The number of ether oxygens (including phenoxy) is 1. The molecule has 6 nitrogen and oxygen atoms in total. The SMILES string of the molecule is CCCCc1cccc(CN=NOC(=O)Oc2ccccc2)c1O. The number of phenolic OH excluding ortho intramolecular Hbond substituents is 1. The van der Waals surface area contributed by atoms with Gasteiger partial charge >= 0.3 is 6.16 Å². The van der Waals surface area contributed by atoms with Crippen LogP contribution in [0.1, 0.15) is 30.9 Å². The fraction of sp³-hybridized carbons (Fsp3) is 0.278.